The summed E-state index contributed by atoms with van der Waals surface area (Å²) in [6.07, 6.45) is 1.22. The number of methoxy groups -OCH3 is 1. The summed E-state index contributed by atoms with van der Waals surface area (Å²) in [5.41, 5.74) is 3.75. The maximum absolute atomic E-state index is 10.9. The maximum Gasteiger partial charge on any atom is 0.305 e. The Kier molecular flexibility index (Phi) is 3.69. The molecule has 14 heavy (non-hydrogen) atoms. The zero-order chi connectivity index (χ0) is 10.6. The average Bonchev–Trinajstić information content (AvgIpc) is 2.19. The fourth-order valence-electron chi connectivity index (χ4n) is 1.31. The number of hydrogen-bond donors (Lipinski definition) is 0. The quantitative estimate of drug-likeness (QED) is 0.687. The van der Waals surface area contributed by atoms with E-state index in [1.165, 1.54) is 23.8 Å². The molecule has 0 unspecified atom stereocenters. The van der Waals surface area contributed by atoms with Crippen LogP contribution in [0.5, 0.6) is 0 Å². The monoisotopic (exact) mass is 192 g/mol. The van der Waals surface area contributed by atoms with Gasteiger partial charge >= 0.3 is 5.97 Å². The molecule has 76 valence electrons. The highest BCUT2D eigenvalue weighted by Crippen LogP contribution is 2.11. The van der Waals surface area contributed by atoms with Crippen molar-refractivity contribution in [2.45, 2.75) is 26.7 Å². The molecule has 0 aliphatic rings. The van der Waals surface area contributed by atoms with Crippen LogP contribution in [-0.2, 0) is 16.0 Å². The van der Waals surface area contributed by atoms with Gasteiger partial charge in [0.05, 0.1) is 7.11 Å². The van der Waals surface area contributed by atoms with Crippen LogP contribution in [0, 0.1) is 13.8 Å². The van der Waals surface area contributed by atoms with E-state index >= 15 is 0 Å². The van der Waals surface area contributed by atoms with Crippen LogP contribution >= 0.6 is 0 Å². The van der Waals surface area contributed by atoms with E-state index in [-0.39, 0.29) is 5.97 Å². The highest BCUT2D eigenvalue weighted by molar-refractivity contribution is 5.69. The Hall–Kier alpha value is -1.31. The zero-order valence-corrected chi connectivity index (χ0v) is 8.96. The van der Waals surface area contributed by atoms with Crippen molar-refractivity contribution in [3.05, 3.63) is 34.9 Å². The van der Waals surface area contributed by atoms with E-state index in [0.29, 0.717) is 6.42 Å². The Morgan fingerprint density at radius 2 is 2.00 bits per heavy atom. The summed E-state index contributed by atoms with van der Waals surface area (Å²) in [6.45, 7) is 4.16. The molecular weight excluding hydrogens is 176 g/mol. The van der Waals surface area contributed by atoms with Gasteiger partial charge in [0.25, 0.3) is 0 Å². The smallest absolute Gasteiger partial charge is 0.305 e. The number of carbonyl (C=O) groups excluding carboxylic acids is 1. The van der Waals surface area contributed by atoms with Crippen LogP contribution in [0.15, 0.2) is 18.2 Å². The maximum atomic E-state index is 10.9. The van der Waals surface area contributed by atoms with E-state index in [9.17, 15) is 4.79 Å². The molecule has 0 fully saturated rings. The second-order valence-electron chi connectivity index (χ2n) is 3.49. The van der Waals surface area contributed by atoms with Gasteiger partial charge in [-0.15, -0.1) is 0 Å². The summed E-state index contributed by atoms with van der Waals surface area (Å²) >= 11 is 0. The van der Waals surface area contributed by atoms with Crippen LogP contribution in [0.3, 0.4) is 0 Å². The number of aryl methyl sites for hydroxylation is 3. The normalized spacial score (nSPS) is 9.93. The largest absolute Gasteiger partial charge is 0.469 e. The van der Waals surface area contributed by atoms with Gasteiger partial charge in [-0.1, -0.05) is 18.2 Å². The molecule has 0 aliphatic heterocycles. The van der Waals surface area contributed by atoms with Gasteiger partial charge in [-0.25, -0.2) is 0 Å². The molecule has 1 aromatic rings. The van der Waals surface area contributed by atoms with Crippen LogP contribution in [-0.4, -0.2) is 13.1 Å². The molecule has 0 atom stereocenters. The summed E-state index contributed by atoms with van der Waals surface area (Å²) in [5, 5.41) is 0. The lowest BCUT2D eigenvalue weighted by atomic mass is 10.0. The van der Waals surface area contributed by atoms with Crippen molar-refractivity contribution in [2.24, 2.45) is 0 Å². The topological polar surface area (TPSA) is 26.3 Å². The molecule has 0 radical (unpaired) electrons. The number of hydrogen-bond acceptors (Lipinski definition) is 2. The van der Waals surface area contributed by atoms with Crippen LogP contribution in [0.1, 0.15) is 23.1 Å². The zero-order valence-electron chi connectivity index (χ0n) is 8.96. The van der Waals surface area contributed by atoms with Crippen LogP contribution in [0.25, 0.3) is 0 Å². The molecule has 0 N–H and O–H groups in total. The Labute approximate surface area is 84.9 Å². The Morgan fingerprint density at radius 1 is 1.29 bits per heavy atom. The molecule has 0 spiro atoms. The second kappa shape index (κ2) is 4.80. The van der Waals surface area contributed by atoms with Crippen molar-refractivity contribution in [2.75, 3.05) is 7.11 Å². The van der Waals surface area contributed by atoms with Gasteiger partial charge in [-0.2, -0.15) is 0 Å². The van der Waals surface area contributed by atoms with E-state index in [2.05, 4.69) is 36.8 Å². The van der Waals surface area contributed by atoms with Gasteiger partial charge in [0, 0.05) is 6.42 Å². The number of carbonyl (C=O) groups is 1. The Balaban J connectivity index is 2.60. The molecule has 1 rings (SSSR count). The average molecular weight is 192 g/mol. The third-order valence-electron chi connectivity index (χ3n) is 2.42. The van der Waals surface area contributed by atoms with Gasteiger partial charge in [0.15, 0.2) is 0 Å². The molecule has 0 saturated heterocycles. The van der Waals surface area contributed by atoms with Crippen LogP contribution in [0.4, 0.5) is 0 Å². The van der Waals surface area contributed by atoms with E-state index in [1.54, 1.807) is 0 Å². The molecule has 0 aromatic heterocycles. The van der Waals surface area contributed by atoms with Crippen molar-refractivity contribution < 1.29 is 9.53 Å². The fraction of sp³-hybridized carbons (Fsp3) is 0.417. The number of benzene rings is 1. The summed E-state index contributed by atoms with van der Waals surface area (Å²) in [4.78, 5) is 10.9. The first-order valence-corrected chi connectivity index (χ1v) is 4.76. The van der Waals surface area contributed by atoms with E-state index in [4.69, 9.17) is 0 Å². The van der Waals surface area contributed by atoms with Crippen LogP contribution in [0.2, 0.25) is 0 Å². The highest BCUT2D eigenvalue weighted by atomic mass is 16.5. The first kappa shape index (κ1) is 10.8. The van der Waals surface area contributed by atoms with Gasteiger partial charge in [-0.3, -0.25) is 4.79 Å². The van der Waals surface area contributed by atoms with Crippen molar-refractivity contribution in [1.29, 1.82) is 0 Å². The van der Waals surface area contributed by atoms with Crippen molar-refractivity contribution in [3.8, 4) is 0 Å². The second-order valence-corrected chi connectivity index (χ2v) is 3.49. The van der Waals surface area contributed by atoms with Gasteiger partial charge in [0.1, 0.15) is 0 Å². The van der Waals surface area contributed by atoms with Crippen molar-refractivity contribution in [3.63, 3.8) is 0 Å². The first-order valence-electron chi connectivity index (χ1n) is 4.76. The van der Waals surface area contributed by atoms with E-state index in [1.807, 2.05) is 0 Å². The lowest BCUT2D eigenvalue weighted by Crippen LogP contribution is -2.02. The van der Waals surface area contributed by atoms with Crippen molar-refractivity contribution >= 4 is 5.97 Å². The molecule has 0 aliphatic carbocycles. The molecule has 0 heterocycles. The molecule has 0 bridgehead atoms. The SMILES string of the molecule is COC(=O)CCc1ccc(C)c(C)c1. The van der Waals surface area contributed by atoms with E-state index < -0.39 is 0 Å². The molecule has 0 amide bonds. The highest BCUT2D eigenvalue weighted by Gasteiger charge is 2.02. The Bertz CT molecular complexity index is 329. The molecule has 1 aromatic carbocycles. The Morgan fingerprint density at radius 3 is 2.57 bits per heavy atom. The lowest BCUT2D eigenvalue weighted by Gasteiger charge is -2.04. The number of esters is 1. The molecule has 2 heteroatoms. The molecular formula is C12H16O2. The number of rotatable bonds is 3. The summed E-state index contributed by atoms with van der Waals surface area (Å²) in [7, 11) is 1.42. The lowest BCUT2D eigenvalue weighted by molar-refractivity contribution is -0.140. The third-order valence-corrected chi connectivity index (χ3v) is 2.42. The minimum atomic E-state index is -0.150. The summed E-state index contributed by atoms with van der Waals surface area (Å²) in [6, 6.07) is 6.27. The van der Waals surface area contributed by atoms with Crippen LogP contribution < -0.4 is 0 Å². The van der Waals surface area contributed by atoms with Gasteiger partial charge in [0.2, 0.25) is 0 Å². The summed E-state index contributed by atoms with van der Waals surface area (Å²) in [5.74, 6) is -0.150. The van der Waals surface area contributed by atoms with Gasteiger partial charge in [-0.05, 0) is 37.0 Å². The molecule has 2 nitrogen and oxygen atoms in total. The van der Waals surface area contributed by atoms with Crippen molar-refractivity contribution in [1.82, 2.24) is 0 Å². The summed E-state index contributed by atoms with van der Waals surface area (Å²) < 4.78 is 4.59. The molecule has 0 saturated carbocycles. The first-order chi connectivity index (χ1) is 6.63. The standard InChI is InChI=1S/C12H16O2/c1-9-4-5-11(8-10(9)2)6-7-12(13)14-3/h4-5,8H,6-7H2,1-3H3. The minimum absolute atomic E-state index is 0.150. The minimum Gasteiger partial charge on any atom is -0.469 e. The number of ether oxygens (including phenoxy) is 1. The predicted molar refractivity (Wildman–Crippen MR) is 56.3 cm³/mol. The van der Waals surface area contributed by atoms with Gasteiger partial charge < -0.3 is 4.74 Å². The predicted octanol–water partition coefficient (Wildman–Crippen LogP) is 2.41. The van der Waals surface area contributed by atoms with E-state index in [0.717, 1.165) is 6.42 Å². The fourth-order valence-corrected chi connectivity index (χ4v) is 1.31. The third kappa shape index (κ3) is 2.87.